The summed E-state index contributed by atoms with van der Waals surface area (Å²) >= 11 is 3.32. The van der Waals surface area contributed by atoms with Crippen LogP contribution in [-0.2, 0) is 4.79 Å². The van der Waals surface area contributed by atoms with Crippen LogP contribution in [0, 0.1) is 43.3 Å². The smallest absolute Gasteiger partial charge is 0.138 e. The summed E-state index contributed by atoms with van der Waals surface area (Å²) < 4.78 is 0. The maximum absolute atomic E-state index is 10.9. The number of allylic oxidation sites excluding steroid dienone is 1. The van der Waals surface area contributed by atoms with Gasteiger partial charge in [0.1, 0.15) is 18.4 Å². The van der Waals surface area contributed by atoms with Crippen molar-refractivity contribution in [2.24, 2.45) is 17.8 Å². The normalized spacial score (nSPS) is 11.4. The third-order valence-corrected chi connectivity index (χ3v) is 7.38. The first-order chi connectivity index (χ1) is 22.6. The van der Waals surface area contributed by atoms with E-state index >= 15 is 0 Å². The summed E-state index contributed by atoms with van der Waals surface area (Å²) in [7, 11) is 0. The van der Waals surface area contributed by atoms with Crippen LogP contribution >= 0.6 is 12.6 Å². The minimum atomic E-state index is 0.188. The molecule has 0 bridgehead atoms. The summed E-state index contributed by atoms with van der Waals surface area (Å²) in [6, 6.07) is 10.2. The number of rotatable bonds is 18. The molecule has 0 saturated heterocycles. The number of terminal acetylenes is 1. The van der Waals surface area contributed by atoms with Crippen LogP contribution in [0.15, 0.2) is 55.6 Å². The summed E-state index contributed by atoms with van der Waals surface area (Å²) in [4.78, 5) is 19.2. The van der Waals surface area contributed by atoms with E-state index in [9.17, 15) is 4.79 Å². The van der Waals surface area contributed by atoms with Crippen molar-refractivity contribution in [3.63, 3.8) is 0 Å². The lowest BCUT2D eigenvalue weighted by Gasteiger charge is -2.22. The molecular formula is C40H69N5OS. The molecule has 0 amide bonds. The molecule has 7 heteroatoms. The van der Waals surface area contributed by atoms with Crippen LogP contribution in [0.25, 0.3) is 5.57 Å². The summed E-state index contributed by atoms with van der Waals surface area (Å²) in [6.07, 6.45) is 16.0. The van der Waals surface area contributed by atoms with Crippen molar-refractivity contribution >= 4 is 30.3 Å². The Morgan fingerprint density at radius 1 is 0.979 bits per heavy atom. The van der Waals surface area contributed by atoms with Gasteiger partial charge in [-0.1, -0.05) is 129 Å². The standard InChI is InChI=1S/C17H35NO.C10H16N4.C9H10.C2H2S.C2H6/c1-5-8-11-16(9-6-2)12-18-13-17(10-7-3)15(4)14-19;1-5-11-9(4)14-10-7(2)8(3)12-6-13-10;1-8(2)9-6-4-3-5-7-9;1-2-3;1-2/h14-18H,5-13H2,1-4H3;6,11H,4-5H2,1-3H3,(H,12,13,14);3-7H,1H2,2H3;1,3H;1-2H3. The molecule has 6 nitrogen and oxygen atoms in total. The summed E-state index contributed by atoms with van der Waals surface area (Å²) in [5.74, 6) is 3.08. The number of benzene rings is 1. The van der Waals surface area contributed by atoms with Gasteiger partial charge in [0, 0.05) is 23.7 Å². The maximum Gasteiger partial charge on any atom is 0.138 e. The lowest BCUT2D eigenvalue weighted by molar-refractivity contribution is -0.112. The first-order valence-electron chi connectivity index (χ1n) is 17.5. The van der Waals surface area contributed by atoms with Gasteiger partial charge < -0.3 is 20.7 Å². The number of anilines is 1. The third-order valence-electron chi connectivity index (χ3n) is 7.38. The Bertz CT molecular complexity index is 1080. The van der Waals surface area contributed by atoms with Crippen molar-refractivity contribution in [3.05, 3.63) is 72.5 Å². The highest BCUT2D eigenvalue weighted by Gasteiger charge is 2.16. The Balaban J connectivity index is -0.000000604. The predicted octanol–water partition coefficient (Wildman–Crippen LogP) is 10.3. The number of aldehydes is 1. The molecular weight excluding hydrogens is 599 g/mol. The average molecular weight is 668 g/mol. The Labute approximate surface area is 295 Å². The highest BCUT2D eigenvalue weighted by atomic mass is 32.1. The molecule has 266 valence electrons. The molecule has 1 heterocycles. The highest BCUT2D eigenvalue weighted by molar-refractivity contribution is 7.85. The van der Waals surface area contributed by atoms with Gasteiger partial charge in [0.25, 0.3) is 0 Å². The minimum Gasteiger partial charge on any atom is -0.372 e. The molecule has 3 N–H and O–H groups in total. The number of unbranched alkanes of at least 4 members (excludes halogenated alkanes) is 1. The van der Waals surface area contributed by atoms with E-state index < -0.39 is 0 Å². The Morgan fingerprint density at radius 2 is 1.57 bits per heavy atom. The molecule has 47 heavy (non-hydrogen) atoms. The molecule has 1 aromatic carbocycles. The molecule has 0 aliphatic carbocycles. The van der Waals surface area contributed by atoms with E-state index in [1.54, 1.807) is 6.33 Å². The van der Waals surface area contributed by atoms with E-state index in [1.165, 1.54) is 44.1 Å². The lowest BCUT2D eigenvalue weighted by atomic mass is 9.90. The van der Waals surface area contributed by atoms with Crippen molar-refractivity contribution < 1.29 is 4.79 Å². The average Bonchev–Trinajstić information content (AvgIpc) is 3.07. The number of aryl methyl sites for hydroxylation is 1. The van der Waals surface area contributed by atoms with Gasteiger partial charge >= 0.3 is 0 Å². The van der Waals surface area contributed by atoms with E-state index in [1.807, 2.05) is 65.0 Å². The molecule has 2 aromatic rings. The summed E-state index contributed by atoms with van der Waals surface area (Å²) in [6.45, 7) is 31.4. The highest BCUT2D eigenvalue weighted by Crippen LogP contribution is 2.17. The monoisotopic (exact) mass is 668 g/mol. The SMILES string of the molecule is C#CS.C=C(C)c1ccccc1.C=C(NCC)Nc1ncnc(C)c1C.CC.CCCCC(CCC)CNCC(CCC)C(C)C=O. The second-order valence-corrected chi connectivity index (χ2v) is 11.6. The second kappa shape index (κ2) is 34.3. The fourth-order valence-corrected chi connectivity index (χ4v) is 4.54. The van der Waals surface area contributed by atoms with Crippen LogP contribution < -0.4 is 16.0 Å². The van der Waals surface area contributed by atoms with Gasteiger partial charge in [-0.15, -0.1) is 6.42 Å². The van der Waals surface area contributed by atoms with Crippen molar-refractivity contribution in [2.45, 2.75) is 114 Å². The molecule has 0 fully saturated rings. The van der Waals surface area contributed by atoms with Crippen LogP contribution in [-0.4, -0.2) is 35.9 Å². The zero-order chi connectivity index (χ0) is 36.5. The molecule has 3 unspecified atom stereocenters. The summed E-state index contributed by atoms with van der Waals surface area (Å²) in [5.41, 5.74) is 4.37. The van der Waals surface area contributed by atoms with Gasteiger partial charge in [0.2, 0.25) is 0 Å². The largest absolute Gasteiger partial charge is 0.372 e. The van der Waals surface area contributed by atoms with E-state index in [-0.39, 0.29) is 5.92 Å². The van der Waals surface area contributed by atoms with E-state index in [4.69, 9.17) is 0 Å². The van der Waals surface area contributed by atoms with E-state index in [0.717, 1.165) is 66.7 Å². The Kier molecular flexibility index (Phi) is 35.2. The van der Waals surface area contributed by atoms with E-state index in [2.05, 4.69) is 98.0 Å². The number of hydrogen-bond donors (Lipinski definition) is 4. The van der Waals surface area contributed by atoms with Crippen molar-refractivity contribution in [2.75, 3.05) is 25.0 Å². The van der Waals surface area contributed by atoms with Crippen LogP contribution in [0.3, 0.4) is 0 Å². The topological polar surface area (TPSA) is 78.9 Å². The van der Waals surface area contributed by atoms with Crippen molar-refractivity contribution in [3.8, 4) is 11.7 Å². The first kappa shape index (κ1) is 48.3. The third kappa shape index (κ3) is 26.7. The molecule has 3 atom stereocenters. The number of aromatic nitrogens is 2. The fourth-order valence-electron chi connectivity index (χ4n) is 4.54. The molecule has 1 aromatic heterocycles. The Morgan fingerprint density at radius 3 is 2.04 bits per heavy atom. The Hall–Kier alpha value is -3.08. The van der Waals surface area contributed by atoms with Crippen molar-refractivity contribution in [1.29, 1.82) is 0 Å². The molecule has 0 saturated carbocycles. The molecule has 0 radical (unpaired) electrons. The summed E-state index contributed by atoms with van der Waals surface area (Å²) in [5, 5.41) is 11.7. The van der Waals surface area contributed by atoms with Crippen LogP contribution in [0.1, 0.15) is 117 Å². The lowest BCUT2D eigenvalue weighted by Crippen LogP contribution is -2.31. The number of thiol groups is 1. The number of carbonyl (C=O) groups is 1. The van der Waals surface area contributed by atoms with Gasteiger partial charge in [-0.25, -0.2) is 9.97 Å². The maximum atomic E-state index is 10.9. The van der Waals surface area contributed by atoms with Gasteiger partial charge in [0.05, 0.1) is 5.82 Å². The van der Waals surface area contributed by atoms with Gasteiger partial charge in [-0.2, -0.15) is 0 Å². The predicted molar refractivity (Wildman–Crippen MR) is 213 cm³/mol. The quantitative estimate of drug-likeness (QED) is 0.0720. The number of nitrogens with zero attached hydrogens (tertiary/aromatic N) is 2. The van der Waals surface area contributed by atoms with Gasteiger partial charge in [-0.05, 0) is 82.7 Å². The first-order valence-corrected chi connectivity index (χ1v) is 18.0. The zero-order valence-corrected chi connectivity index (χ0v) is 32.5. The van der Waals surface area contributed by atoms with Crippen LogP contribution in [0.2, 0.25) is 0 Å². The van der Waals surface area contributed by atoms with Gasteiger partial charge in [-0.3, -0.25) is 0 Å². The molecule has 2 rings (SSSR count). The number of nitrogens with one attached hydrogen (secondary N) is 3. The zero-order valence-electron chi connectivity index (χ0n) is 31.6. The van der Waals surface area contributed by atoms with Gasteiger partial charge in [0.15, 0.2) is 0 Å². The molecule has 0 aliphatic rings. The molecule has 0 spiro atoms. The minimum absolute atomic E-state index is 0.188. The fraction of sp³-hybridized carbons (Fsp3) is 0.575. The van der Waals surface area contributed by atoms with E-state index in [0.29, 0.717) is 5.92 Å². The second-order valence-electron chi connectivity index (χ2n) is 11.3. The number of carbonyl (C=O) groups excluding carboxylic acids is 1. The number of hydrogen-bond acceptors (Lipinski definition) is 7. The molecule has 0 aliphatic heterocycles. The van der Waals surface area contributed by atoms with Crippen LogP contribution in [0.5, 0.6) is 0 Å². The van der Waals surface area contributed by atoms with Crippen LogP contribution in [0.4, 0.5) is 5.82 Å². The van der Waals surface area contributed by atoms with Crippen molar-refractivity contribution in [1.82, 2.24) is 20.6 Å².